The highest BCUT2D eigenvalue weighted by Gasteiger charge is 2.43. The van der Waals surface area contributed by atoms with E-state index in [0.717, 1.165) is 84.6 Å². The molecule has 0 saturated heterocycles. The summed E-state index contributed by atoms with van der Waals surface area (Å²) in [5, 5.41) is 24.0. The van der Waals surface area contributed by atoms with Crippen LogP contribution in [0.5, 0.6) is 40.2 Å². The number of hydrogen-bond acceptors (Lipinski definition) is 20. The molecule has 7 heterocycles. The van der Waals surface area contributed by atoms with E-state index in [-0.39, 0.29) is 29.5 Å². The number of hydrogen-bond donors (Lipinski definition) is 0. The van der Waals surface area contributed by atoms with Crippen molar-refractivity contribution in [2.45, 2.75) is 94.1 Å². The number of aryl methyl sites for hydroxylation is 8. The number of nitriles is 1. The van der Waals surface area contributed by atoms with Gasteiger partial charge in [0, 0.05) is 0 Å². The number of halogens is 6. The molecule has 0 spiro atoms. The number of ether oxygens (including phenoxy) is 7. The van der Waals surface area contributed by atoms with Crippen LogP contribution in [0.15, 0.2) is 149 Å². The van der Waals surface area contributed by atoms with Gasteiger partial charge in [-0.05, 0) is 231 Å². The molecule has 0 aliphatic carbocycles. The minimum absolute atomic E-state index is 0.0885. The summed E-state index contributed by atoms with van der Waals surface area (Å²) in [5.74, 6) is 3.44. The Bertz CT molecular complexity index is 4350. The summed E-state index contributed by atoms with van der Waals surface area (Å²) in [6.45, 7) is 19.9. The van der Waals surface area contributed by atoms with E-state index >= 15 is 0 Å². The molecule has 3 aliphatic heterocycles. The largest absolute Gasteiger partial charge is 0.586 e. The van der Waals surface area contributed by atoms with Crippen LogP contribution in [0.1, 0.15) is 63.9 Å². The molecule has 0 bridgehead atoms. The van der Waals surface area contributed by atoms with Crippen LogP contribution in [0.4, 0.5) is 22.0 Å². The van der Waals surface area contributed by atoms with E-state index in [1.54, 1.807) is 26.0 Å². The SMILES string of the molecule is Cc1cc(C#N)c2nsnc2c1.Cc1cc(Cl)c2nonc2c1.Cc1ccc2c(c1)OC(C)C(C)O2.Cc1ccc2c(c1)OC(F)(F)O2.Cc1ccc2c(c1)OCO2.Cc1ccc2nonc2c1.Cc1ccc2nsnc2c1.Cc1cccc(OC(F)(F)F)c1. The average Bonchev–Trinajstić information content (AvgIpc) is 2.34. The van der Waals surface area contributed by atoms with E-state index in [1.807, 2.05) is 146 Å². The van der Waals surface area contributed by atoms with Gasteiger partial charge in [-0.25, -0.2) is 9.26 Å². The van der Waals surface area contributed by atoms with Crippen LogP contribution in [0.25, 0.3) is 44.1 Å². The first-order valence-electron chi connectivity index (χ1n) is 27.3. The van der Waals surface area contributed by atoms with Crippen LogP contribution in [-0.4, -0.2) is 69.8 Å². The van der Waals surface area contributed by atoms with Crippen molar-refractivity contribution < 1.29 is 64.4 Å². The van der Waals surface area contributed by atoms with E-state index in [0.29, 0.717) is 33.9 Å². The molecule has 12 aromatic rings. The lowest BCUT2D eigenvalue weighted by molar-refractivity contribution is -0.286. The molecule has 2 unspecified atom stereocenters. The molecule has 15 rings (SSSR count). The van der Waals surface area contributed by atoms with Crippen LogP contribution < -0.4 is 33.2 Å². The van der Waals surface area contributed by atoms with Gasteiger partial charge in [-0.1, -0.05) is 54.1 Å². The molecule has 8 aromatic carbocycles. The molecule has 18 nitrogen and oxygen atoms in total. The molecule has 0 radical (unpaired) electrons. The van der Waals surface area contributed by atoms with E-state index in [1.165, 1.54) is 64.3 Å². The Balaban J connectivity index is 0.000000133. The zero-order valence-corrected chi connectivity index (χ0v) is 52.3. The van der Waals surface area contributed by atoms with Gasteiger partial charge >= 0.3 is 12.7 Å². The van der Waals surface area contributed by atoms with Gasteiger partial charge in [-0.3, -0.25) is 0 Å². The Morgan fingerprint density at radius 1 is 0.489 bits per heavy atom. The lowest BCUT2D eigenvalue weighted by atomic mass is 10.1. The molecule has 0 saturated carbocycles. The molecule has 0 amide bonds. The molecular formula is C64H57ClF5N9O9S2. The molecule has 3 aliphatic rings. The second-order valence-corrected chi connectivity index (χ2v) is 21.8. The van der Waals surface area contributed by atoms with Crippen molar-refractivity contribution in [1.29, 1.82) is 5.26 Å². The van der Waals surface area contributed by atoms with Crippen molar-refractivity contribution in [3.8, 4) is 46.3 Å². The Kier molecular flexibility index (Phi) is 22.0. The summed E-state index contributed by atoms with van der Waals surface area (Å²) >= 11 is 8.24. The monoisotopic (exact) mass is 1290 g/mol. The molecular weight excluding hydrogens is 1230 g/mol. The first-order valence-corrected chi connectivity index (χ1v) is 29.1. The Hall–Kier alpha value is -9.77. The van der Waals surface area contributed by atoms with Crippen LogP contribution in [0.3, 0.4) is 0 Å². The third-order valence-corrected chi connectivity index (χ3v) is 14.0. The number of benzene rings is 8. The predicted molar refractivity (Wildman–Crippen MR) is 331 cm³/mol. The minimum atomic E-state index is -4.60. The standard InChI is InChI=1S/C11H14O2.C8H7F3O.C8H6F2O2.C8H5N3S.C8H8O2.C7H5ClN2O.C7H6N2O.C7H6N2S/c1-7-4-5-10-11(6-7)13-9(3)8(2)12-10;1-6-3-2-4-7(5-6)12-8(9,10)11;1-5-2-3-6-7(4-5)12-8(9,10)11-6;1-5-2-6(4-9)8-7(3-5)10-12-11-8;1-6-2-3-7-8(4-6)10-5-9-7;1-4-2-5(8)7-6(3-4)9-11-10-7;2*1-5-2-3-6-7(4-5)9-10-8-6/h4-6,8-9H,1-3H3;2-5H,1H3;2-4H,1H3;2-3H,1H3;2-4H,5H2,1H3;2-3H,1H3;2*2-4H,1H3. The fourth-order valence-electron chi connectivity index (χ4n) is 8.15. The second kappa shape index (κ2) is 30.0. The van der Waals surface area contributed by atoms with Gasteiger partial charge in [-0.2, -0.15) is 22.8 Å². The highest BCUT2D eigenvalue weighted by molar-refractivity contribution is 7.00. The number of aromatic nitrogens is 8. The van der Waals surface area contributed by atoms with Gasteiger partial charge in [0.15, 0.2) is 40.0 Å². The summed E-state index contributed by atoms with van der Waals surface area (Å²) in [6.07, 6.45) is -7.84. The highest BCUT2D eigenvalue weighted by atomic mass is 35.5. The Morgan fingerprint density at radius 2 is 0.989 bits per heavy atom. The van der Waals surface area contributed by atoms with Gasteiger partial charge in [0.2, 0.25) is 6.79 Å². The molecule has 26 heteroatoms. The lowest BCUT2D eigenvalue weighted by Crippen LogP contribution is -2.34. The maximum Gasteiger partial charge on any atom is 0.586 e. The Morgan fingerprint density at radius 3 is 1.69 bits per heavy atom. The predicted octanol–water partition coefficient (Wildman–Crippen LogP) is 17.1. The minimum Gasteiger partial charge on any atom is -0.483 e. The third kappa shape index (κ3) is 19.1. The smallest absolute Gasteiger partial charge is 0.483 e. The van der Waals surface area contributed by atoms with E-state index in [2.05, 4.69) is 74.6 Å². The third-order valence-electron chi connectivity index (χ3n) is 12.6. The molecule has 90 heavy (non-hydrogen) atoms. The molecule has 466 valence electrons. The fourth-order valence-corrected chi connectivity index (χ4v) is 9.51. The Labute approximate surface area is 526 Å². The summed E-state index contributed by atoms with van der Waals surface area (Å²) < 4.78 is 119. The summed E-state index contributed by atoms with van der Waals surface area (Å²) in [5.41, 5.74) is 15.6. The highest BCUT2D eigenvalue weighted by Crippen LogP contribution is 2.41. The first-order chi connectivity index (χ1) is 42.9. The maximum absolute atomic E-state index is 12.4. The number of nitrogens with zero attached hydrogens (tertiary/aromatic N) is 9. The zero-order chi connectivity index (χ0) is 64.7. The summed E-state index contributed by atoms with van der Waals surface area (Å²) in [4.78, 5) is 0. The van der Waals surface area contributed by atoms with Gasteiger partial charge < -0.3 is 33.2 Å². The number of fused-ring (bicyclic) bond motifs is 7. The van der Waals surface area contributed by atoms with Crippen LogP contribution in [0.2, 0.25) is 5.02 Å². The first kappa shape index (κ1) is 66.2. The van der Waals surface area contributed by atoms with Gasteiger partial charge in [0.25, 0.3) is 0 Å². The molecule has 2 atom stereocenters. The van der Waals surface area contributed by atoms with Gasteiger partial charge in [0.1, 0.15) is 62.6 Å². The lowest BCUT2D eigenvalue weighted by Gasteiger charge is -2.29. The van der Waals surface area contributed by atoms with Crippen molar-refractivity contribution in [1.82, 2.24) is 38.1 Å². The van der Waals surface area contributed by atoms with E-state index in [9.17, 15) is 22.0 Å². The van der Waals surface area contributed by atoms with Crippen molar-refractivity contribution in [2.24, 2.45) is 0 Å². The van der Waals surface area contributed by atoms with Gasteiger partial charge in [0.05, 0.1) is 34.0 Å². The molecule has 0 fully saturated rings. The average molecular weight is 1290 g/mol. The van der Waals surface area contributed by atoms with E-state index < -0.39 is 12.7 Å². The quantitative estimate of drug-likeness (QED) is 0.140. The van der Waals surface area contributed by atoms with Crippen LogP contribution in [0, 0.1) is 66.7 Å². The summed E-state index contributed by atoms with van der Waals surface area (Å²) in [6, 6.07) is 43.8. The summed E-state index contributed by atoms with van der Waals surface area (Å²) in [7, 11) is 0. The number of alkyl halides is 5. The fraction of sp³-hybridized carbons (Fsp3) is 0.234. The topological polar surface area (TPSA) is 218 Å². The molecule has 0 N–H and O–H groups in total. The van der Waals surface area contributed by atoms with Crippen molar-refractivity contribution in [2.75, 3.05) is 6.79 Å². The molecule has 4 aromatic heterocycles. The van der Waals surface area contributed by atoms with Crippen molar-refractivity contribution in [3.63, 3.8) is 0 Å². The van der Waals surface area contributed by atoms with Crippen molar-refractivity contribution in [3.05, 3.63) is 195 Å². The maximum atomic E-state index is 12.4. The van der Waals surface area contributed by atoms with E-state index in [4.69, 9.17) is 35.8 Å². The van der Waals surface area contributed by atoms with Crippen LogP contribution in [-0.2, 0) is 0 Å². The zero-order valence-electron chi connectivity index (χ0n) is 49.9. The number of rotatable bonds is 1. The van der Waals surface area contributed by atoms with Crippen LogP contribution >= 0.6 is 35.1 Å². The second-order valence-electron chi connectivity index (χ2n) is 20.4. The normalized spacial score (nSPS) is 14.1. The van der Waals surface area contributed by atoms with Crippen molar-refractivity contribution >= 4 is 79.2 Å². The van der Waals surface area contributed by atoms with Gasteiger partial charge in [-0.15, -0.1) is 22.0 Å².